The highest BCUT2D eigenvalue weighted by molar-refractivity contribution is 14.0. The Morgan fingerprint density at radius 2 is 1.96 bits per heavy atom. The Bertz CT molecular complexity index is 644. The van der Waals surface area contributed by atoms with Crippen molar-refractivity contribution in [1.82, 2.24) is 19.7 Å². The van der Waals surface area contributed by atoms with E-state index in [2.05, 4.69) is 22.3 Å². The van der Waals surface area contributed by atoms with Gasteiger partial charge in [0.1, 0.15) is 12.0 Å². The molecule has 1 fully saturated rings. The lowest BCUT2D eigenvalue weighted by Crippen LogP contribution is -2.53. The van der Waals surface area contributed by atoms with Crippen molar-refractivity contribution < 1.29 is 12.9 Å². The molecule has 1 saturated heterocycles. The zero-order valence-corrected chi connectivity index (χ0v) is 19.4. The smallest absolute Gasteiger partial charge is 0.220 e. The van der Waals surface area contributed by atoms with Gasteiger partial charge in [-0.3, -0.25) is 4.99 Å². The van der Waals surface area contributed by atoms with E-state index >= 15 is 0 Å². The van der Waals surface area contributed by atoms with Crippen LogP contribution in [0, 0.1) is 0 Å². The molecule has 1 aromatic rings. The lowest BCUT2D eigenvalue weighted by molar-refractivity contribution is 0.259. The molecule has 8 nitrogen and oxygen atoms in total. The van der Waals surface area contributed by atoms with Crippen LogP contribution < -0.4 is 5.32 Å². The van der Waals surface area contributed by atoms with Crippen LogP contribution in [0.3, 0.4) is 0 Å². The Hall–Kier alpha value is -0.880. The standard InChI is InChI=1S/C17H31N5O3S.HI/c1-3-5-6-7-9-19-17(18-4-2)21-10-12-22(13-11-21)26(23,24)15-16-8-14-25-20-16;/h8,14H,3-7,9-13,15H2,1-2H3,(H,18,19);1H. The summed E-state index contributed by atoms with van der Waals surface area (Å²) in [5, 5.41) is 7.02. The van der Waals surface area contributed by atoms with Crippen LogP contribution in [0.4, 0.5) is 0 Å². The van der Waals surface area contributed by atoms with Crippen LogP contribution in [0.25, 0.3) is 0 Å². The van der Waals surface area contributed by atoms with E-state index in [0.717, 1.165) is 25.5 Å². The van der Waals surface area contributed by atoms with E-state index < -0.39 is 10.0 Å². The number of hydrogen-bond donors (Lipinski definition) is 1. The number of sulfonamides is 1. The molecular formula is C17H32IN5O3S. The van der Waals surface area contributed by atoms with E-state index in [1.54, 1.807) is 6.07 Å². The van der Waals surface area contributed by atoms with E-state index in [9.17, 15) is 8.42 Å². The van der Waals surface area contributed by atoms with E-state index in [1.165, 1.54) is 29.8 Å². The zero-order chi connectivity index (χ0) is 18.8. The number of aliphatic imine (C=N–C) groups is 1. The second-order valence-corrected chi connectivity index (χ2v) is 8.40. The van der Waals surface area contributed by atoms with Crippen LogP contribution in [0.15, 0.2) is 21.8 Å². The number of hydrogen-bond acceptors (Lipinski definition) is 5. The Kier molecular flexibility index (Phi) is 11.2. The number of unbranched alkanes of at least 4 members (excludes halogenated alkanes) is 3. The highest BCUT2D eigenvalue weighted by Crippen LogP contribution is 2.13. The number of piperazine rings is 1. The maximum Gasteiger partial charge on any atom is 0.220 e. The molecule has 0 saturated carbocycles. The Labute approximate surface area is 179 Å². The predicted octanol–water partition coefficient (Wildman–Crippen LogP) is 2.29. The van der Waals surface area contributed by atoms with E-state index in [0.29, 0.717) is 31.9 Å². The molecule has 156 valence electrons. The van der Waals surface area contributed by atoms with E-state index in [-0.39, 0.29) is 29.7 Å². The van der Waals surface area contributed by atoms with Crippen LogP contribution in [0.2, 0.25) is 0 Å². The SMILES string of the molecule is CCCCCCN=C(NCC)N1CCN(S(=O)(=O)Cc2ccon2)CC1.I. The number of halogens is 1. The van der Waals surface area contributed by atoms with Gasteiger partial charge in [0.2, 0.25) is 10.0 Å². The van der Waals surface area contributed by atoms with Gasteiger partial charge >= 0.3 is 0 Å². The number of guanidine groups is 1. The monoisotopic (exact) mass is 513 g/mol. The molecule has 2 heterocycles. The average Bonchev–Trinajstić information content (AvgIpc) is 3.13. The first kappa shape index (κ1) is 24.2. The van der Waals surface area contributed by atoms with Crippen LogP contribution in [-0.2, 0) is 15.8 Å². The van der Waals surface area contributed by atoms with Crippen molar-refractivity contribution in [2.45, 2.75) is 45.3 Å². The molecule has 1 N–H and O–H groups in total. The predicted molar refractivity (Wildman–Crippen MR) is 118 cm³/mol. The van der Waals surface area contributed by atoms with Gasteiger partial charge in [-0.05, 0) is 13.3 Å². The second kappa shape index (κ2) is 12.6. The van der Waals surface area contributed by atoms with Crippen molar-refractivity contribution in [3.05, 3.63) is 18.0 Å². The molecule has 27 heavy (non-hydrogen) atoms. The van der Waals surface area contributed by atoms with Gasteiger partial charge in [0, 0.05) is 45.3 Å². The molecule has 0 aliphatic carbocycles. The van der Waals surface area contributed by atoms with Gasteiger partial charge in [-0.2, -0.15) is 4.31 Å². The highest BCUT2D eigenvalue weighted by Gasteiger charge is 2.28. The summed E-state index contributed by atoms with van der Waals surface area (Å²) in [6, 6.07) is 1.59. The molecule has 10 heteroatoms. The van der Waals surface area contributed by atoms with Crippen LogP contribution in [0.5, 0.6) is 0 Å². The molecule has 0 atom stereocenters. The molecule has 0 bridgehead atoms. The molecule has 1 aromatic heterocycles. The topological polar surface area (TPSA) is 91.0 Å². The Morgan fingerprint density at radius 1 is 1.22 bits per heavy atom. The van der Waals surface area contributed by atoms with Gasteiger partial charge in [0.15, 0.2) is 5.96 Å². The summed E-state index contributed by atoms with van der Waals surface area (Å²) >= 11 is 0. The van der Waals surface area contributed by atoms with Gasteiger partial charge < -0.3 is 14.7 Å². The van der Waals surface area contributed by atoms with Crippen molar-refractivity contribution in [2.24, 2.45) is 4.99 Å². The quantitative estimate of drug-likeness (QED) is 0.236. The fourth-order valence-corrected chi connectivity index (χ4v) is 4.34. The summed E-state index contributed by atoms with van der Waals surface area (Å²) in [5.74, 6) is 0.771. The summed E-state index contributed by atoms with van der Waals surface area (Å²) < 4.78 is 31.3. The largest absolute Gasteiger partial charge is 0.364 e. The van der Waals surface area contributed by atoms with Gasteiger partial charge in [-0.15, -0.1) is 24.0 Å². The minimum absolute atomic E-state index is 0. The second-order valence-electron chi connectivity index (χ2n) is 6.43. The van der Waals surface area contributed by atoms with Crippen LogP contribution in [0.1, 0.15) is 45.2 Å². The van der Waals surface area contributed by atoms with Crippen molar-refractivity contribution in [2.75, 3.05) is 39.3 Å². The first-order chi connectivity index (χ1) is 12.6. The van der Waals surface area contributed by atoms with E-state index in [1.807, 2.05) is 6.92 Å². The summed E-state index contributed by atoms with van der Waals surface area (Å²) in [4.78, 5) is 6.84. The molecule has 0 aromatic carbocycles. The van der Waals surface area contributed by atoms with Gasteiger partial charge in [-0.1, -0.05) is 31.3 Å². The molecule has 2 rings (SSSR count). The minimum atomic E-state index is -3.37. The lowest BCUT2D eigenvalue weighted by atomic mass is 10.2. The van der Waals surface area contributed by atoms with Crippen LogP contribution >= 0.6 is 24.0 Å². The normalized spacial score (nSPS) is 16.2. The number of nitrogens with zero attached hydrogens (tertiary/aromatic N) is 4. The first-order valence-electron chi connectivity index (χ1n) is 9.47. The maximum atomic E-state index is 12.5. The third-order valence-electron chi connectivity index (χ3n) is 4.36. The number of nitrogens with one attached hydrogen (secondary N) is 1. The van der Waals surface area contributed by atoms with Crippen molar-refractivity contribution in [3.63, 3.8) is 0 Å². The van der Waals surface area contributed by atoms with Crippen molar-refractivity contribution in [1.29, 1.82) is 0 Å². The minimum Gasteiger partial charge on any atom is -0.364 e. The summed E-state index contributed by atoms with van der Waals surface area (Å²) in [5.41, 5.74) is 0.439. The van der Waals surface area contributed by atoms with Gasteiger partial charge in [0.25, 0.3) is 0 Å². The molecule has 0 spiro atoms. The number of rotatable bonds is 9. The van der Waals surface area contributed by atoms with Crippen LogP contribution in [-0.4, -0.2) is 68.0 Å². The summed E-state index contributed by atoms with van der Waals surface area (Å²) in [7, 11) is -3.37. The van der Waals surface area contributed by atoms with E-state index in [4.69, 9.17) is 9.52 Å². The van der Waals surface area contributed by atoms with Crippen molar-refractivity contribution in [3.8, 4) is 0 Å². The maximum absolute atomic E-state index is 12.5. The van der Waals surface area contributed by atoms with Gasteiger partial charge in [0.05, 0.1) is 5.69 Å². The summed E-state index contributed by atoms with van der Waals surface area (Å²) in [6.45, 7) is 8.05. The fraction of sp³-hybridized carbons (Fsp3) is 0.765. The molecule has 1 aliphatic heterocycles. The Balaban J connectivity index is 0.00000364. The van der Waals surface area contributed by atoms with Gasteiger partial charge in [-0.25, -0.2) is 8.42 Å². The number of aromatic nitrogens is 1. The fourth-order valence-electron chi connectivity index (χ4n) is 2.92. The molecule has 0 radical (unpaired) electrons. The van der Waals surface area contributed by atoms with Crippen molar-refractivity contribution >= 4 is 40.0 Å². The third kappa shape index (κ3) is 7.94. The highest BCUT2D eigenvalue weighted by atomic mass is 127. The molecule has 0 unspecified atom stereocenters. The average molecular weight is 513 g/mol. The lowest BCUT2D eigenvalue weighted by Gasteiger charge is -2.35. The molecule has 0 amide bonds. The molecular weight excluding hydrogens is 481 g/mol. The summed E-state index contributed by atoms with van der Waals surface area (Å²) in [6.07, 6.45) is 6.15. The Morgan fingerprint density at radius 3 is 2.56 bits per heavy atom. The third-order valence-corrected chi connectivity index (χ3v) is 6.17. The zero-order valence-electron chi connectivity index (χ0n) is 16.3. The molecule has 1 aliphatic rings. The first-order valence-corrected chi connectivity index (χ1v) is 11.1.